The fourth-order valence-corrected chi connectivity index (χ4v) is 5.51. The van der Waals surface area contributed by atoms with Gasteiger partial charge in [0.1, 0.15) is 11.0 Å². The van der Waals surface area contributed by atoms with E-state index in [1.807, 2.05) is 11.3 Å². The molecule has 0 aliphatic carbocycles. The normalized spacial score (nSPS) is 11.8. The predicted octanol–water partition coefficient (Wildman–Crippen LogP) is 6.46. The maximum Gasteiger partial charge on any atom is 0.108 e. The molecule has 2 aromatic heterocycles. The fraction of sp³-hybridized carbons (Fsp3) is 0.182. The van der Waals surface area contributed by atoms with Gasteiger partial charge in [0.15, 0.2) is 0 Å². The summed E-state index contributed by atoms with van der Waals surface area (Å²) in [6, 6.07) is 18.0. The summed E-state index contributed by atoms with van der Waals surface area (Å²) in [6.07, 6.45) is 2.02. The fourth-order valence-electron chi connectivity index (χ4n) is 3.61. The minimum atomic E-state index is 0.998. The Morgan fingerprint density at radius 3 is 2.42 bits per heavy atom. The van der Waals surface area contributed by atoms with E-state index in [4.69, 9.17) is 0 Å². The van der Waals surface area contributed by atoms with Gasteiger partial charge >= 0.3 is 0 Å². The molecule has 128 valence electrons. The molecule has 0 radical (unpaired) electrons. The number of hydrogen-bond donors (Lipinski definition) is 0. The number of thiophene rings is 1. The van der Waals surface area contributed by atoms with Crippen LogP contribution in [0, 0.1) is 13.8 Å². The van der Waals surface area contributed by atoms with Crippen LogP contribution in [0.3, 0.4) is 0 Å². The highest BCUT2D eigenvalue weighted by atomic mass is 32.1. The Labute approximate surface area is 160 Å². The van der Waals surface area contributed by atoms with Gasteiger partial charge in [-0.2, -0.15) is 8.75 Å². The Morgan fingerprint density at radius 1 is 0.769 bits per heavy atom. The molecular formula is C22H18N2S2. The summed E-state index contributed by atoms with van der Waals surface area (Å²) in [5.74, 6) is 0. The molecule has 0 N–H and O–H groups in total. The van der Waals surface area contributed by atoms with E-state index in [0.29, 0.717) is 0 Å². The van der Waals surface area contributed by atoms with Crippen LogP contribution in [0.4, 0.5) is 0 Å². The molecule has 0 fully saturated rings. The van der Waals surface area contributed by atoms with Gasteiger partial charge in [0.25, 0.3) is 0 Å². The van der Waals surface area contributed by atoms with Crippen LogP contribution in [0.25, 0.3) is 31.2 Å². The highest BCUT2D eigenvalue weighted by molar-refractivity contribution is 7.25. The standard InChI is InChI=1S/C22H18N2S2/c1-13-3-9-17-18-10-6-15(12-20(18)25-19(17)11-13)5-8-16-7-4-14(2)21-22(16)24-26-23-21/h3-4,6-7,9-12H,5,8H2,1-2H3. The van der Waals surface area contributed by atoms with E-state index in [-0.39, 0.29) is 0 Å². The van der Waals surface area contributed by atoms with Crippen molar-refractivity contribution in [1.29, 1.82) is 0 Å². The minimum absolute atomic E-state index is 0.998. The second-order valence-corrected chi connectivity index (χ2v) is 8.55. The molecule has 26 heavy (non-hydrogen) atoms. The minimum Gasteiger partial charge on any atom is -0.173 e. The number of nitrogens with zero attached hydrogens (tertiary/aromatic N) is 2. The second-order valence-electron chi connectivity index (χ2n) is 6.94. The summed E-state index contributed by atoms with van der Waals surface area (Å²) in [6.45, 7) is 4.26. The molecule has 5 rings (SSSR count). The van der Waals surface area contributed by atoms with Gasteiger partial charge in [-0.05, 0) is 61.1 Å². The van der Waals surface area contributed by atoms with Gasteiger partial charge in [-0.15, -0.1) is 11.3 Å². The molecule has 0 atom stereocenters. The van der Waals surface area contributed by atoms with Gasteiger partial charge in [0, 0.05) is 20.2 Å². The number of hydrogen-bond acceptors (Lipinski definition) is 4. The van der Waals surface area contributed by atoms with E-state index < -0.39 is 0 Å². The number of rotatable bonds is 3. The maximum absolute atomic E-state index is 4.51. The summed E-state index contributed by atoms with van der Waals surface area (Å²) in [5, 5.41) is 2.74. The molecule has 5 aromatic rings. The van der Waals surface area contributed by atoms with E-state index in [9.17, 15) is 0 Å². The summed E-state index contributed by atoms with van der Waals surface area (Å²) < 4.78 is 11.7. The molecule has 0 aliphatic heterocycles. The lowest BCUT2D eigenvalue weighted by Gasteiger charge is -2.05. The van der Waals surface area contributed by atoms with Crippen LogP contribution in [0.2, 0.25) is 0 Å². The summed E-state index contributed by atoms with van der Waals surface area (Å²) >= 11 is 3.21. The van der Waals surface area contributed by atoms with Crippen molar-refractivity contribution in [2.24, 2.45) is 0 Å². The monoisotopic (exact) mass is 374 g/mol. The molecule has 0 unspecified atom stereocenters. The SMILES string of the molecule is Cc1ccc2c(c1)sc1cc(CCc3ccc(C)c4nsnc34)ccc12. The van der Waals surface area contributed by atoms with Gasteiger partial charge in [-0.1, -0.05) is 36.4 Å². The van der Waals surface area contributed by atoms with Gasteiger partial charge in [-0.25, -0.2) is 0 Å². The molecule has 2 nitrogen and oxygen atoms in total. The van der Waals surface area contributed by atoms with Crippen molar-refractivity contribution in [1.82, 2.24) is 8.75 Å². The zero-order valence-electron chi connectivity index (χ0n) is 14.7. The molecule has 0 amide bonds. The first-order chi connectivity index (χ1) is 12.7. The maximum atomic E-state index is 4.51. The Bertz CT molecular complexity index is 1260. The van der Waals surface area contributed by atoms with Crippen LogP contribution in [-0.2, 0) is 12.8 Å². The molecule has 0 saturated carbocycles. The first kappa shape index (κ1) is 15.9. The van der Waals surface area contributed by atoms with Crippen LogP contribution >= 0.6 is 23.1 Å². The van der Waals surface area contributed by atoms with Crippen molar-refractivity contribution >= 4 is 54.3 Å². The zero-order valence-corrected chi connectivity index (χ0v) is 16.4. The highest BCUT2D eigenvalue weighted by Crippen LogP contribution is 2.35. The van der Waals surface area contributed by atoms with E-state index in [1.165, 1.54) is 54.2 Å². The lowest BCUT2D eigenvalue weighted by Crippen LogP contribution is -1.93. The zero-order chi connectivity index (χ0) is 17.7. The lowest BCUT2D eigenvalue weighted by molar-refractivity contribution is 0.969. The van der Waals surface area contributed by atoms with Crippen LogP contribution < -0.4 is 0 Å². The van der Waals surface area contributed by atoms with Gasteiger partial charge in [0.2, 0.25) is 0 Å². The molecule has 0 spiro atoms. The Morgan fingerprint density at radius 2 is 1.54 bits per heavy atom. The van der Waals surface area contributed by atoms with Gasteiger partial charge < -0.3 is 0 Å². The Hall–Kier alpha value is -2.30. The third-order valence-electron chi connectivity index (χ3n) is 5.08. The first-order valence-corrected chi connectivity index (χ1v) is 10.4. The van der Waals surface area contributed by atoms with E-state index in [1.54, 1.807) is 0 Å². The number of aryl methyl sites for hydroxylation is 4. The molecule has 3 aromatic carbocycles. The average molecular weight is 375 g/mol. The molecule has 0 bridgehead atoms. The molecule has 2 heterocycles. The van der Waals surface area contributed by atoms with E-state index >= 15 is 0 Å². The smallest absolute Gasteiger partial charge is 0.108 e. The molecule has 0 aliphatic rings. The quantitative estimate of drug-likeness (QED) is 0.362. The summed E-state index contributed by atoms with van der Waals surface area (Å²) in [5.41, 5.74) is 7.35. The van der Waals surface area contributed by atoms with Crippen molar-refractivity contribution in [2.45, 2.75) is 26.7 Å². The van der Waals surface area contributed by atoms with Crippen LogP contribution in [0.1, 0.15) is 22.3 Å². The lowest BCUT2D eigenvalue weighted by atomic mass is 10.0. The third-order valence-corrected chi connectivity index (χ3v) is 6.72. The van der Waals surface area contributed by atoms with Gasteiger partial charge in [0.05, 0.1) is 11.7 Å². The molecule has 0 saturated heterocycles. The third kappa shape index (κ3) is 2.61. The summed E-state index contributed by atoms with van der Waals surface area (Å²) in [4.78, 5) is 0. The largest absolute Gasteiger partial charge is 0.173 e. The predicted molar refractivity (Wildman–Crippen MR) is 114 cm³/mol. The Balaban J connectivity index is 1.48. The number of benzene rings is 3. The van der Waals surface area contributed by atoms with E-state index in [2.05, 4.69) is 71.1 Å². The van der Waals surface area contributed by atoms with E-state index in [0.717, 1.165) is 23.9 Å². The second kappa shape index (κ2) is 6.15. The van der Waals surface area contributed by atoms with Gasteiger partial charge in [-0.3, -0.25) is 0 Å². The topological polar surface area (TPSA) is 25.8 Å². The molecule has 4 heteroatoms. The van der Waals surface area contributed by atoms with Crippen LogP contribution in [0.5, 0.6) is 0 Å². The van der Waals surface area contributed by atoms with Crippen molar-refractivity contribution in [3.05, 3.63) is 70.8 Å². The number of aromatic nitrogens is 2. The van der Waals surface area contributed by atoms with Crippen molar-refractivity contribution in [2.75, 3.05) is 0 Å². The van der Waals surface area contributed by atoms with Crippen LogP contribution in [-0.4, -0.2) is 8.75 Å². The molecular weight excluding hydrogens is 356 g/mol. The number of fused-ring (bicyclic) bond motifs is 4. The highest BCUT2D eigenvalue weighted by Gasteiger charge is 2.09. The van der Waals surface area contributed by atoms with Crippen molar-refractivity contribution in [3.8, 4) is 0 Å². The first-order valence-electron chi connectivity index (χ1n) is 8.81. The van der Waals surface area contributed by atoms with Crippen molar-refractivity contribution in [3.63, 3.8) is 0 Å². The average Bonchev–Trinajstić information content (AvgIpc) is 3.25. The summed E-state index contributed by atoms with van der Waals surface area (Å²) in [7, 11) is 0. The van der Waals surface area contributed by atoms with Crippen molar-refractivity contribution < 1.29 is 0 Å². The van der Waals surface area contributed by atoms with Crippen LogP contribution in [0.15, 0.2) is 48.5 Å². The Kier molecular flexibility index (Phi) is 3.76.